The molecule has 0 spiro atoms. The summed E-state index contributed by atoms with van der Waals surface area (Å²) in [6, 6.07) is 23.4. The highest BCUT2D eigenvalue weighted by molar-refractivity contribution is 6.30. The summed E-state index contributed by atoms with van der Waals surface area (Å²) in [4.78, 5) is 0. The average Bonchev–Trinajstić information content (AvgIpc) is 2.99. The fraction of sp³-hybridized carbons (Fsp3) is 0.0476. The Bertz CT molecular complexity index is 1020. The van der Waals surface area contributed by atoms with Gasteiger partial charge in [-0.2, -0.15) is 0 Å². The molecular formula is C21H17ClN2O. The van der Waals surface area contributed by atoms with E-state index in [4.69, 9.17) is 11.6 Å². The lowest BCUT2D eigenvalue weighted by molar-refractivity contribution is 0.474. The number of nitrogens with zero attached hydrogens (tertiary/aromatic N) is 1. The predicted molar refractivity (Wildman–Crippen MR) is 104 cm³/mol. The van der Waals surface area contributed by atoms with E-state index < -0.39 is 0 Å². The number of anilines is 2. The molecule has 0 aliphatic rings. The number of hydrogen-bond acceptors (Lipinski definition) is 2. The number of fused-ring (bicyclic) bond motifs is 1. The summed E-state index contributed by atoms with van der Waals surface area (Å²) in [7, 11) is 0. The lowest BCUT2D eigenvalue weighted by Crippen LogP contribution is -1.97. The van der Waals surface area contributed by atoms with Gasteiger partial charge in [-0.3, -0.25) is 0 Å². The monoisotopic (exact) mass is 348 g/mol. The number of aromatic nitrogens is 1. The first-order valence-corrected chi connectivity index (χ1v) is 8.44. The summed E-state index contributed by atoms with van der Waals surface area (Å²) in [5, 5.41) is 14.9. The van der Waals surface area contributed by atoms with Crippen LogP contribution in [0, 0.1) is 0 Å². The van der Waals surface area contributed by atoms with Crippen LogP contribution in [0.15, 0.2) is 79.0 Å². The van der Waals surface area contributed by atoms with Crippen molar-refractivity contribution in [3.05, 3.63) is 89.6 Å². The van der Waals surface area contributed by atoms with Crippen molar-refractivity contribution in [2.45, 2.75) is 6.54 Å². The molecule has 2 N–H and O–H groups in total. The third kappa shape index (κ3) is 3.47. The Balaban J connectivity index is 1.59. The van der Waals surface area contributed by atoms with Gasteiger partial charge in [-0.1, -0.05) is 23.7 Å². The van der Waals surface area contributed by atoms with E-state index in [1.165, 1.54) is 5.39 Å². The van der Waals surface area contributed by atoms with Crippen molar-refractivity contribution in [2.24, 2.45) is 0 Å². The van der Waals surface area contributed by atoms with E-state index in [0.717, 1.165) is 34.0 Å². The minimum Gasteiger partial charge on any atom is -0.508 e. The molecule has 1 heterocycles. The number of phenols is 1. The van der Waals surface area contributed by atoms with E-state index in [9.17, 15) is 5.11 Å². The molecule has 0 bridgehead atoms. The van der Waals surface area contributed by atoms with Crippen LogP contribution in [0.2, 0.25) is 5.02 Å². The van der Waals surface area contributed by atoms with Crippen LogP contribution in [0.1, 0.15) is 5.56 Å². The number of phenolic OH excluding ortho intramolecular Hbond substituents is 1. The van der Waals surface area contributed by atoms with Gasteiger partial charge in [0.1, 0.15) is 5.75 Å². The van der Waals surface area contributed by atoms with Gasteiger partial charge in [-0.15, -0.1) is 0 Å². The van der Waals surface area contributed by atoms with E-state index in [0.29, 0.717) is 5.75 Å². The molecule has 1 aromatic heterocycles. The maximum absolute atomic E-state index is 9.62. The van der Waals surface area contributed by atoms with E-state index >= 15 is 0 Å². The molecule has 0 aliphatic carbocycles. The van der Waals surface area contributed by atoms with Gasteiger partial charge in [0.25, 0.3) is 0 Å². The zero-order valence-corrected chi connectivity index (χ0v) is 14.2. The summed E-state index contributed by atoms with van der Waals surface area (Å²) >= 11 is 5.93. The molecule has 124 valence electrons. The minimum absolute atomic E-state index is 0.295. The summed E-state index contributed by atoms with van der Waals surface area (Å²) in [6.07, 6.45) is 2.07. The maximum Gasteiger partial charge on any atom is 0.115 e. The van der Waals surface area contributed by atoms with Crippen molar-refractivity contribution in [3.63, 3.8) is 0 Å². The Hall–Kier alpha value is -2.91. The van der Waals surface area contributed by atoms with Crippen LogP contribution in [-0.4, -0.2) is 9.67 Å². The highest BCUT2D eigenvalue weighted by Gasteiger charge is 2.04. The molecule has 25 heavy (non-hydrogen) atoms. The van der Waals surface area contributed by atoms with Gasteiger partial charge in [0.05, 0.1) is 0 Å². The molecule has 0 unspecified atom stereocenters. The normalized spacial score (nSPS) is 10.9. The van der Waals surface area contributed by atoms with Crippen molar-refractivity contribution in [1.29, 1.82) is 0 Å². The zero-order chi connectivity index (χ0) is 17.2. The first-order chi connectivity index (χ1) is 12.2. The number of halogens is 1. The summed E-state index contributed by atoms with van der Waals surface area (Å²) in [5.41, 5.74) is 4.26. The van der Waals surface area contributed by atoms with Crippen LogP contribution >= 0.6 is 11.6 Å². The summed E-state index contributed by atoms with van der Waals surface area (Å²) in [5.74, 6) is 0.295. The first-order valence-electron chi connectivity index (χ1n) is 8.07. The number of hydrogen-bond donors (Lipinski definition) is 2. The van der Waals surface area contributed by atoms with Gasteiger partial charge < -0.3 is 15.0 Å². The summed E-state index contributed by atoms with van der Waals surface area (Å²) in [6.45, 7) is 0.724. The second kappa shape index (κ2) is 6.54. The standard InChI is InChI=1S/C21H17ClN2O/c22-17-4-6-18(7-5-17)23-19-8-9-21-16(13-19)10-11-24(21)14-15-2-1-3-20(25)12-15/h1-13,23,25H,14H2. The zero-order valence-electron chi connectivity index (χ0n) is 13.5. The molecule has 3 aromatic carbocycles. The van der Waals surface area contributed by atoms with E-state index in [-0.39, 0.29) is 0 Å². The van der Waals surface area contributed by atoms with Gasteiger partial charge in [-0.05, 0) is 66.2 Å². The molecule has 4 heteroatoms. The van der Waals surface area contributed by atoms with Gasteiger partial charge >= 0.3 is 0 Å². The van der Waals surface area contributed by atoms with Gasteiger partial charge in [0.15, 0.2) is 0 Å². The molecule has 0 atom stereocenters. The fourth-order valence-corrected chi connectivity index (χ4v) is 3.09. The Morgan fingerprint density at radius 2 is 1.68 bits per heavy atom. The lowest BCUT2D eigenvalue weighted by Gasteiger charge is -2.09. The number of benzene rings is 3. The first kappa shape index (κ1) is 15.6. The molecule has 0 saturated carbocycles. The van der Waals surface area contributed by atoms with Crippen LogP contribution in [0.25, 0.3) is 10.9 Å². The number of aromatic hydroxyl groups is 1. The molecule has 4 rings (SSSR count). The Morgan fingerprint density at radius 3 is 2.48 bits per heavy atom. The summed E-state index contributed by atoms with van der Waals surface area (Å²) < 4.78 is 2.18. The number of rotatable bonds is 4. The Morgan fingerprint density at radius 1 is 0.880 bits per heavy atom. The van der Waals surface area contributed by atoms with Crippen LogP contribution < -0.4 is 5.32 Å². The number of nitrogens with one attached hydrogen (secondary N) is 1. The Kier molecular flexibility index (Phi) is 4.08. The lowest BCUT2D eigenvalue weighted by atomic mass is 10.2. The quantitative estimate of drug-likeness (QED) is 0.489. The largest absolute Gasteiger partial charge is 0.508 e. The SMILES string of the molecule is Oc1cccc(Cn2ccc3cc(Nc4ccc(Cl)cc4)ccc32)c1. The van der Waals surface area contributed by atoms with Gasteiger partial charge in [-0.25, -0.2) is 0 Å². The molecule has 0 saturated heterocycles. The third-order valence-electron chi connectivity index (χ3n) is 4.17. The second-order valence-corrected chi connectivity index (χ2v) is 6.46. The van der Waals surface area contributed by atoms with Crippen LogP contribution in [0.5, 0.6) is 5.75 Å². The molecule has 0 radical (unpaired) electrons. The maximum atomic E-state index is 9.62. The highest BCUT2D eigenvalue weighted by Crippen LogP contribution is 2.25. The van der Waals surface area contributed by atoms with E-state index in [1.807, 2.05) is 36.4 Å². The van der Waals surface area contributed by atoms with Gasteiger partial charge in [0.2, 0.25) is 0 Å². The topological polar surface area (TPSA) is 37.2 Å². The molecule has 3 nitrogen and oxygen atoms in total. The van der Waals surface area contributed by atoms with Crippen molar-refractivity contribution in [3.8, 4) is 5.75 Å². The second-order valence-electron chi connectivity index (χ2n) is 6.02. The molecular weight excluding hydrogens is 332 g/mol. The van der Waals surface area contributed by atoms with Gasteiger partial charge in [0, 0.05) is 40.0 Å². The fourth-order valence-electron chi connectivity index (χ4n) is 2.97. The predicted octanol–water partition coefficient (Wildman–Crippen LogP) is 5.79. The molecule has 0 aliphatic heterocycles. The van der Waals surface area contributed by atoms with Crippen molar-refractivity contribution in [2.75, 3.05) is 5.32 Å². The molecule has 0 amide bonds. The van der Waals surface area contributed by atoms with Crippen LogP contribution in [0.4, 0.5) is 11.4 Å². The molecule has 4 aromatic rings. The van der Waals surface area contributed by atoms with Crippen LogP contribution in [-0.2, 0) is 6.54 Å². The third-order valence-corrected chi connectivity index (χ3v) is 4.42. The van der Waals surface area contributed by atoms with E-state index in [2.05, 4.69) is 40.3 Å². The minimum atomic E-state index is 0.295. The van der Waals surface area contributed by atoms with Crippen molar-refractivity contribution in [1.82, 2.24) is 4.57 Å². The Labute approximate surface area is 151 Å². The smallest absolute Gasteiger partial charge is 0.115 e. The molecule has 0 fully saturated rings. The van der Waals surface area contributed by atoms with Crippen LogP contribution in [0.3, 0.4) is 0 Å². The van der Waals surface area contributed by atoms with Crippen molar-refractivity contribution < 1.29 is 5.11 Å². The van der Waals surface area contributed by atoms with E-state index in [1.54, 1.807) is 12.1 Å². The highest BCUT2D eigenvalue weighted by atomic mass is 35.5. The van der Waals surface area contributed by atoms with Crippen molar-refractivity contribution >= 4 is 33.9 Å². The average molecular weight is 349 g/mol.